The highest BCUT2D eigenvalue weighted by molar-refractivity contribution is 6.00. The van der Waals surface area contributed by atoms with Crippen LogP contribution in [0.4, 0.5) is 0 Å². The maximum absolute atomic E-state index is 12.1. The molecule has 0 spiro atoms. The lowest BCUT2D eigenvalue weighted by molar-refractivity contribution is -0.141. The number of carbonyl (C=O) groups is 1. The molecule has 1 atom stereocenters. The van der Waals surface area contributed by atoms with Crippen LogP contribution in [0.5, 0.6) is 0 Å². The summed E-state index contributed by atoms with van der Waals surface area (Å²) in [6, 6.07) is 6.78. The van der Waals surface area contributed by atoms with E-state index in [4.69, 9.17) is 14.2 Å². The normalized spacial score (nSPS) is 16.3. The van der Waals surface area contributed by atoms with Crippen molar-refractivity contribution < 1.29 is 29.2 Å². The van der Waals surface area contributed by atoms with Gasteiger partial charge in [0, 0.05) is 12.2 Å². The van der Waals surface area contributed by atoms with Crippen LogP contribution in [-0.4, -0.2) is 49.2 Å². The van der Waals surface area contributed by atoms with Crippen LogP contribution in [0.15, 0.2) is 29.8 Å². The van der Waals surface area contributed by atoms with Gasteiger partial charge < -0.3 is 24.4 Å². The van der Waals surface area contributed by atoms with Crippen molar-refractivity contribution in [3.05, 3.63) is 41.0 Å². The van der Waals surface area contributed by atoms with E-state index >= 15 is 0 Å². The largest absolute Gasteiger partial charge is 0.507 e. The zero-order chi connectivity index (χ0) is 17.4. The highest BCUT2D eigenvalue weighted by Crippen LogP contribution is 2.39. The highest BCUT2D eigenvalue weighted by atomic mass is 16.6. The van der Waals surface area contributed by atoms with Crippen LogP contribution >= 0.6 is 0 Å². The van der Waals surface area contributed by atoms with Crippen molar-refractivity contribution in [2.75, 3.05) is 33.0 Å². The Bertz CT molecular complexity index is 581. The fourth-order valence-corrected chi connectivity index (χ4v) is 2.43. The number of unbranched alkanes of at least 4 members (excludes halogenated alkanes) is 1. The molecule has 0 heterocycles. The second-order valence-electron chi connectivity index (χ2n) is 5.47. The Morgan fingerprint density at radius 2 is 1.75 bits per heavy atom. The van der Waals surface area contributed by atoms with E-state index in [1.807, 2.05) is 0 Å². The van der Waals surface area contributed by atoms with Gasteiger partial charge in [0.1, 0.15) is 24.0 Å². The van der Waals surface area contributed by atoms with E-state index in [1.54, 1.807) is 24.3 Å². The summed E-state index contributed by atoms with van der Waals surface area (Å²) >= 11 is 0. The summed E-state index contributed by atoms with van der Waals surface area (Å²) in [6.45, 7) is 4.05. The Balaban J connectivity index is 1.70. The molecule has 0 saturated heterocycles. The molecule has 1 aliphatic carbocycles. The minimum absolute atomic E-state index is 0.0492. The van der Waals surface area contributed by atoms with Gasteiger partial charge in [-0.3, -0.25) is 0 Å². The maximum atomic E-state index is 12.1. The summed E-state index contributed by atoms with van der Waals surface area (Å²) in [5.41, 5.74) is 0.832. The Morgan fingerprint density at radius 1 is 1.08 bits per heavy atom. The quantitative estimate of drug-likeness (QED) is 0.504. The summed E-state index contributed by atoms with van der Waals surface area (Å²) in [5, 5.41) is 20.3. The van der Waals surface area contributed by atoms with E-state index < -0.39 is 12.1 Å². The number of benzene rings is 1. The molecular weight excluding hydrogens is 312 g/mol. The van der Waals surface area contributed by atoms with Crippen molar-refractivity contribution >= 4 is 11.7 Å². The third-order valence-corrected chi connectivity index (χ3v) is 3.73. The first-order chi connectivity index (χ1) is 11.7. The molecule has 1 aromatic rings. The average Bonchev–Trinajstić information content (AvgIpc) is 2.85. The van der Waals surface area contributed by atoms with E-state index in [0.717, 1.165) is 19.4 Å². The SMILES string of the molecule is CCCCOCCOCCOC(=O)C1=C(O)c2ccccc2C1O. The van der Waals surface area contributed by atoms with Gasteiger partial charge in [-0.15, -0.1) is 0 Å². The van der Waals surface area contributed by atoms with Crippen LogP contribution < -0.4 is 0 Å². The zero-order valence-corrected chi connectivity index (χ0v) is 13.9. The summed E-state index contributed by atoms with van der Waals surface area (Å²) < 4.78 is 15.7. The number of ether oxygens (including phenoxy) is 3. The third-order valence-electron chi connectivity index (χ3n) is 3.73. The van der Waals surface area contributed by atoms with E-state index in [1.165, 1.54) is 0 Å². The predicted octanol–water partition coefficient (Wildman–Crippen LogP) is 2.38. The molecule has 132 valence electrons. The van der Waals surface area contributed by atoms with Crippen molar-refractivity contribution in [3.8, 4) is 0 Å². The van der Waals surface area contributed by atoms with Crippen LogP contribution in [0.2, 0.25) is 0 Å². The van der Waals surface area contributed by atoms with Crippen molar-refractivity contribution in [3.63, 3.8) is 0 Å². The number of hydrogen-bond acceptors (Lipinski definition) is 6. The first-order valence-electron chi connectivity index (χ1n) is 8.20. The molecule has 6 heteroatoms. The van der Waals surface area contributed by atoms with Crippen LogP contribution in [-0.2, 0) is 19.0 Å². The molecule has 2 N–H and O–H groups in total. The molecule has 0 amide bonds. The number of aliphatic hydroxyl groups excluding tert-OH is 2. The van der Waals surface area contributed by atoms with Crippen molar-refractivity contribution in [2.24, 2.45) is 0 Å². The minimum Gasteiger partial charge on any atom is -0.507 e. The van der Waals surface area contributed by atoms with Gasteiger partial charge in [0.15, 0.2) is 0 Å². The van der Waals surface area contributed by atoms with Crippen LogP contribution in [0, 0.1) is 0 Å². The van der Waals surface area contributed by atoms with Gasteiger partial charge in [0.05, 0.1) is 19.8 Å². The van der Waals surface area contributed by atoms with Gasteiger partial charge in [-0.05, 0) is 12.0 Å². The number of rotatable bonds is 10. The second-order valence-corrected chi connectivity index (χ2v) is 5.47. The number of esters is 1. The Hall–Kier alpha value is -1.89. The Kier molecular flexibility index (Phi) is 7.24. The standard InChI is InChI=1S/C18H24O6/c1-2-3-8-22-9-10-23-11-12-24-18(21)15-16(19)13-6-4-5-7-14(13)17(15)20/h4-7,16,19-20H,2-3,8-12H2,1H3. The Morgan fingerprint density at radius 3 is 2.46 bits per heavy atom. The van der Waals surface area contributed by atoms with Crippen molar-refractivity contribution in [1.29, 1.82) is 0 Å². The molecule has 0 radical (unpaired) electrons. The Labute approximate surface area is 141 Å². The summed E-state index contributed by atoms with van der Waals surface area (Å²) in [4.78, 5) is 12.1. The minimum atomic E-state index is -1.17. The average molecular weight is 336 g/mol. The van der Waals surface area contributed by atoms with E-state index in [-0.39, 0.29) is 24.5 Å². The monoisotopic (exact) mass is 336 g/mol. The topological polar surface area (TPSA) is 85.2 Å². The fraction of sp³-hybridized carbons (Fsp3) is 0.500. The lowest BCUT2D eigenvalue weighted by Crippen LogP contribution is -2.17. The van der Waals surface area contributed by atoms with Gasteiger partial charge in [0.25, 0.3) is 0 Å². The fourth-order valence-electron chi connectivity index (χ4n) is 2.43. The molecule has 1 aliphatic rings. The number of carbonyl (C=O) groups excluding carboxylic acids is 1. The zero-order valence-electron chi connectivity index (χ0n) is 13.9. The van der Waals surface area contributed by atoms with Gasteiger partial charge in [0.2, 0.25) is 0 Å². The molecule has 1 aromatic carbocycles. The van der Waals surface area contributed by atoms with Gasteiger partial charge >= 0.3 is 5.97 Å². The first kappa shape index (κ1) is 18.4. The second kappa shape index (κ2) is 9.42. The molecule has 0 aromatic heterocycles. The van der Waals surface area contributed by atoms with Gasteiger partial charge in [-0.2, -0.15) is 0 Å². The smallest absolute Gasteiger partial charge is 0.340 e. The highest BCUT2D eigenvalue weighted by Gasteiger charge is 2.35. The molecule has 24 heavy (non-hydrogen) atoms. The van der Waals surface area contributed by atoms with Gasteiger partial charge in [-0.1, -0.05) is 37.6 Å². The van der Waals surface area contributed by atoms with Crippen LogP contribution in [0.25, 0.3) is 5.76 Å². The molecule has 0 saturated carbocycles. The lowest BCUT2D eigenvalue weighted by atomic mass is 10.1. The lowest BCUT2D eigenvalue weighted by Gasteiger charge is -2.10. The van der Waals surface area contributed by atoms with Crippen LogP contribution in [0.1, 0.15) is 37.0 Å². The molecule has 1 unspecified atom stereocenters. The molecule has 0 fully saturated rings. The van der Waals surface area contributed by atoms with Crippen molar-refractivity contribution in [2.45, 2.75) is 25.9 Å². The summed E-state index contributed by atoms with van der Waals surface area (Å²) in [6.07, 6.45) is 0.956. The first-order valence-corrected chi connectivity index (χ1v) is 8.20. The number of aliphatic hydroxyl groups is 2. The van der Waals surface area contributed by atoms with E-state index in [2.05, 4.69) is 6.92 Å². The molecule has 0 aliphatic heterocycles. The molecule has 6 nitrogen and oxygen atoms in total. The summed E-state index contributed by atoms with van der Waals surface area (Å²) in [5.74, 6) is -0.965. The number of fused-ring (bicyclic) bond motifs is 1. The van der Waals surface area contributed by atoms with Gasteiger partial charge in [-0.25, -0.2) is 4.79 Å². The molecule has 0 bridgehead atoms. The van der Waals surface area contributed by atoms with E-state index in [0.29, 0.717) is 24.3 Å². The maximum Gasteiger partial charge on any atom is 0.340 e. The predicted molar refractivity (Wildman–Crippen MR) is 88.5 cm³/mol. The molecular formula is C18H24O6. The summed E-state index contributed by atoms with van der Waals surface area (Å²) in [7, 11) is 0. The van der Waals surface area contributed by atoms with E-state index in [9.17, 15) is 15.0 Å². The third kappa shape index (κ3) is 4.56. The van der Waals surface area contributed by atoms with Crippen LogP contribution in [0.3, 0.4) is 0 Å². The van der Waals surface area contributed by atoms with Crippen molar-refractivity contribution in [1.82, 2.24) is 0 Å². The number of hydrogen-bond donors (Lipinski definition) is 2. The molecule has 2 rings (SSSR count).